The van der Waals surface area contributed by atoms with Crippen LogP contribution < -0.4 is 0 Å². The lowest BCUT2D eigenvalue weighted by Crippen LogP contribution is -2.37. The number of sulfonamides is 1. The van der Waals surface area contributed by atoms with Crippen LogP contribution in [0.5, 0.6) is 0 Å². The molecular weight excluding hydrogens is 318 g/mol. The minimum Gasteiger partial charge on any atom is -0.212 e. The molecule has 0 bridgehead atoms. The minimum absolute atomic E-state index is 0.0187. The Morgan fingerprint density at radius 1 is 0.955 bits per heavy atom. The third kappa shape index (κ3) is 4.57. The first-order valence-electron chi connectivity index (χ1n) is 7.16. The van der Waals surface area contributed by atoms with E-state index >= 15 is 0 Å². The van der Waals surface area contributed by atoms with Crippen LogP contribution in [0.4, 0.5) is 0 Å². The van der Waals surface area contributed by atoms with Crippen LogP contribution in [-0.4, -0.2) is 18.8 Å². The highest BCUT2D eigenvalue weighted by atomic mass is 35.5. The van der Waals surface area contributed by atoms with E-state index in [1.807, 2.05) is 44.2 Å². The summed E-state index contributed by atoms with van der Waals surface area (Å²) in [7, 11) is -3.40. The van der Waals surface area contributed by atoms with Gasteiger partial charge in [-0.2, -0.15) is 4.31 Å². The zero-order chi connectivity index (χ0) is 16.2. The van der Waals surface area contributed by atoms with Crippen LogP contribution in [0.15, 0.2) is 54.6 Å². The Morgan fingerprint density at radius 2 is 1.55 bits per heavy atom. The van der Waals surface area contributed by atoms with E-state index in [-0.39, 0.29) is 11.8 Å². The minimum atomic E-state index is -3.40. The molecule has 0 radical (unpaired) electrons. The summed E-state index contributed by atoms with van der Waals surface area (Å²) in [5.41, 5.74) is 1.72. The van der Waals surface area contributed by atoms with Crippen molar-refractivity contribution in [3.05, 3.63) is 70.7 Å². The Morgan fingerprint density at radius 3 is 2.09 bits per heavy atom. The molecule has 0 aliphatic carbocycles. The van der Waals surface area contributed by atoms with Gasteiger partial charge in [0.2, 0.25) is 10.0 Å². The second kappa shape index (κ2) is 7.27. The van der Waals surface area contributed by atoms with Crippen molar-refractivity contribution in [2.75, 3.05) is 0 Å². The van der Waals surface area contributed by atoms with E-state index in [9.17, 15) is 8.42 Å². The van der Waals surface area contributed by atoms with Gasteiger partial charge in [0.1, 0.15) is 0 Å². The second-order valence-corrected chi connectivity index (χ2v) is 7.87. The second-order valence-electron chi connectivity index (χ2n) is 5.51. The fourth-order valence-corrected chi connectivity index (χ4v) is 4.13. The van der Waals surface area contributed by atoms with Gasteiger partial charge in [0, 0.05) is 17.6 Å². The topological polar surface area (TPSA) is 37.4 Å². The molecule has 0 fully saturated rings. The van der Waals surface area contributed by atoms with Crippen LogP contribution >= 0.6 is 11.6 Å². The van der Waals surface area contributed by atoms with Gasteiger partial charge in [-0.15, -0.1) is 0 Å². The maximum atomic E-state index is 12.7. The molecule has 0 spiro atoms. The number of hydrogen-bond donors (Lipinski definition) is 0. The molecular formula is C17H20ClNO2S. The first-order chi connectivity index (χ1) is 10.4. The average Bonchev–Trinajstić information content (AvgIpc) is 2.47. The highest BCUT2D eigenvalue weighted by Gasteiger charge is 2.25. The zero-order valence-corrected chi connectivity index (χ0v) is 14.3. The molecule has 0 amide bonds. The van der Waals surface area contributed by atoms with Crippen molar-refractivity contribution >= 4 is 21.6 Å². The van der Waals surface area contributed by atoms with E-state index in [1.54, 1.807) is 24.3 Å². The monoisotopic (exact) mass is 337 g/mol. The van der Waals surface area contributed by atoms with Gasteiger partial charge in [-0.25, -0.2) is 8.42 Å². The van der Waals surface area contributed by atoms with Crippen LogP contribution in [0, 0.1) is 0 Å². The fourth-order valence-electron chi connectivity index (χ4n) is 2.24. The van der Waals surface area contributed by atoms with Crippen LogP contribution in [0.1, 0.15) is 25.0 Å². The molecule has 5 heteroatoms. The van der Waals surface area contributed by atoms with Gasteiger partial charge in [-0.05, 0) is 37.1 Å². The van der Waals surface area contributed by atoms with E-state index in [4.69, 9.17) is 11.6 Å². The van der Waals surface area contributed by atoms with Gasteiger partial charge in [0.05, 0.1) is 5.75 Å². The van der Waals surface area contributed by atoms with Crippen molar-refractivity contribution in [1.82, 2.24) is 4.31 Å². The fraction of sp³-hybridized carbons (Fsp3) is 0.294. The van der Waals surface area contributed by atoms with E-state index in [2.05, 4.69) is 0 Å². The Kier molecular flexibility index (Phi) is 5.62. The van der Waals surface area contributed by atoms with Gasteiger partial charge >= 0.3 is 0 Å². The first-order valence-corrected chi connectivity index (χ1v) is 9.15. The maximum absolute atomic E-state index is 12.7. The number of halogens is 1. The van der Waals surface area contributed by atoms with Gasteiger partial charge in [-0.3, -0.25) is 0 Å². The summed E-state index contributed by atoms with van der Waals surface area (Å²) in [5, 5.41) is 0.603. The molecule has 0 aliphatic rings. The van der Waals surface area contributed by atoms with Gasteiger partial charge in [0.15, 0.2) is 0 Å². The first kappa shape index (κ1) is 17.0. The average molecular weight is 338 g/mol. The molecule has 0 unspecified atom stereocenters. The van der Waals surface area contributed by atoms with E-state index < -0.39 is 10.0 Å². The van der Waals surface area contributed by atoms with E-state index in [0.29, 0.717) is 11.6 Å². The molecule has 0 saturated carbocycles. The standard InChI is InChI=1S/C17H20ClNO2S/c1-14(2)19(12-15-6-4-3-5-7-15)22(20,21)13-16-8-10-17(18)11-9-16/h3-11,14H,12-13H2,1-2H3. The molecule has 0 aromatic heterocycles. The molecule has 0 N–H and O–H groups in total. The number of rotatable bonds is 6. The lowest BCUT2D eigenvalue weighted by atomic mass is 10.2. The Bertz CT molecular complexity index is 697. The predicted octanol–water partition coefficient (Wildman–Crippen LogP) is 4.08. The molecule has 0 aliphatic heterocycles. The van der Waals surface area contributed by atoms with Gasteiger partial charge < -0.3 is 0 Å². The van der Waals surface area contributed by atoms with Crippen molar-refractivity contribution in [1.29, 1.82) is 0 Å². The van der Waals surface area contributed by atoms with Crippen LogP contribution in [-0.2, 0) is 22.3 Å². The predicted molar refractivity (Wildman–Crippen MR) is 91.2 cm³/mol. The summed E-state index contributed by atoms with van der Waals surface area (Å²) in [6.45, 7) is 4.17. The summed E-state index contributed by atoms with van der Waals surface area (Å²) in [6.07, 6.45) is 0. The molecule has 2 aromatic rings. The number of hydrogen-bond acceptors (Lipinski definition) is 2. The van der Waals surface area contributed by atoms with E-state index in [1.165, 1.54) is 4.31 Å². The highest BCUT2D eigenvalue weighted by molar-refractivity contribution is 7.88. The van der Waals surface area contributed by atoms with Gasteiger partial charge in [0.25, 0.3) is 0 Å². The summed E-state index contributed by atoms with van der Waals surface area (Å²) in [5.74, 6) is -0.0187. The van der Waals surface area contributed by atoms with Crippen molar-refractivity contribution in [3.8, 4) is 0 Å². The maximum Gasteiger partial charge on any atom is 0.218 e. The summed E-state index contributed by atoms with van der Waals surface area (Å²) >= 11 is 5.84. The zero-order valence-electron chi connectivity index (χ0n) is 12.7. The lowest BCUT2D eigenvalue weighted by molar-refractivity contribution is 0.347. The lowest BCUT2D eigenvalue weighted by Gasteiger charge is -2.26. The molecule has 0 saturated heterocycles. The Balaban J connectivity index is 2.20. The SMILES string of the molecule is CC(C)N(Cc1ccccc1)S(=O)(=O)Cc1ccc(Cl)cc1. The number of nitrogens with zero attached hydrogens (tertiary/aromatic N) is 1. The smallest absolute Gasteiger partial charge is 0.212 e. The number of benzene rings is 2. The third-order valence-corrected chi connectivity index (χ3v) is 5.59. The molecule has 0 heterocycles. The Hall–Kier alpha value is -1.36. The molecule has 3 nitrogen and oxygen atoms in total. The van der Waals surface area contributed by atoms with Crippen molar-refractivity contribution < 1.29 is 8.42 Å². The molecule has 2 aromatic carbocycles. The third-order valence-electron chi connectivity index (χ3n) is 3.38. The largest absolute Gasteiger partial charge is 0.218 e. The van der Waals surface area contributed by atoms with Gasteiger partial charge in [-0.1, -0.05) is 54.1 Å². The van der Waals surface area contributed by atoms with Crippen molar-refractivity contribution in [2.24, 2.45) is 0 Å². The normalized spacial score (nSPS) is 12.0. The Labute approximate surface area is 137 Å². The van der Waals surface area contributed by atoms with Crippen molar-refractivity contribution in [3.63, 3.8) is 0 Å². The van der Waals surface area contributed by atoms with E-state index in [0.717, 1.165) is 11.1 Å². The molecule has 22 heavy (non-hydrogen) atoms. The molecule has 2 rings (SSSR count). The molecule has 118 valence electrons. The van der Waals surface area contributed by atoms with Crippen molar-refractivity contribution in [2.45, 2.75) is 32.2 Å². The molecule has 0 atom stereocenters. The van der Waals surface area contributed by atoms with Crippen LogP contribution in [0.3, 0.4) is 0 Å². The highest BCUT2D eigenvalue weighted by Crippen LogP contribution is 2.19. The summed E-state index contributed by atoms with van der Waals surface area (Å²) in [4.78, 5) is 0. The summed E-state index contributed by atoms with van der Waals surface area (Å²) in [6, 6.07) is 16.5. The summed E-state index contributed by atoms with van der Waals surface area (Å²) < 4.78 is 27.0. The quantitative estimate of drug-likeness (QED) is 0.796. The van der Waals surface area contributed by atoms with Crippen LogP contribution in [0.2, 0.25) is 5.02 Å². The van der Waals surface area contributed by atoms with Crippen LogP contribution in [0.25, 0.3) is 0 Å².